The van der Waals surface area contributed by atoms with Crippen molar-refractivity contribution in [3.05, 3.63) is 64.2 Å². The average molecular weight is 282 g/mol. The number of phenolic OH excluding ortho intramolecular Hbond substituents is 1. The quantitative estimate of drug-likeness (QED) is 0.772. The SMILES string of the molecule is COc1cc2nc(Cc3ccccc3)[nH]c(=O)c2cc1O. The van der Waals surface area contributed by atoms with Crippen molar-refractivity contribution < 1.29 is 9.84 Å². The number of nitrogens with zero attached hydrogens (tertiary/aromatic N) is 1. The van der Waals surface area contributed by atoms with E-state index in [1.54, 1.807) is 6.07 Å². The maximum atomic E-state index is 12.1. The molecule has 0 aliphatic carbocycles. The summed E-state index contributed by atoms with van der Waals surface area (Å²) in [5.74, 6) is 0.797. The number of hydrogen-bond acceptors (Lipinski definition) is 4. The zero-order valence-corrected chi connectivity index (χ0v) is 11.5. The third-order valence-corrected chi connectivity index (χ3v) is 3.27. The van der Waals surface area contributed by atoms with Gasteiger partial charge in [-0.05, 0) is 11.6 Å². The monoisotopic (exact) mass is 282 g/mol. The molecule has 1 heterocycles. The molecule has 0 atom stereocenters. The number of benzene rings is 2. The molecule has 5 nitrogen and oxygen atoms in total. The van der Waals surface area contributed by atoms with Gasteiger partial charge in [0, 0.05) is 12.5 Å². The minimum Gasteiger partial charge on any atom is -0.504 e. The summed E-state index contributed by atoms with van der Waals surface area (Å²) in [6.07, 6.45) is 0.537. The summed E-state index contributed by atoms with van der Waals surface area (Å²) in [5, 5.41) is 10.1. The number of aromatic nitrogens is 2. The van der Waals surface area contributed by atoms with Gasteiger partial charge in [0.25, 0.3) is 5.56 Å². The molecule has 0 unspecified atom stereocenters. The van der Waals surface area contributed by atoms with Crippen LogP contribution >= 0.6 is 0 Å². The second-order valence-electron chi connectivity index (χ2n) is 4.72. The van der Waals surface area contributed by atoms with Crippen molar-refractivity contribution in [1.29, 1.82) is 0 Å². The number of phenols is 1. The zero-order chi connectivity index (χ0) is 14.8. The fourth-order valence-corrected chi connectivity index (χ4v) is 2.24. The van der Waals surface area contributed by atoms with E-state index in [9.17, 15) is 9.90 Å². The van der Waals surface area contributed by atoms with Crippen LogP contribution in [0.3, 0.4) is 0 Å². The van der Waals surface area contributed by atoms with Gasteiger partial charge in [0.2, 0.25) is 0 Å². The molecule has 0 saturated carbocycles. The van der Waals surface area contributed by atoms with Crippen molar-refractivity contribution in [2.45, 2.75) is 6.42 Å². The van der Waals surface area contributed by atoms with Gasteiger partial charge in [-0.3, -0.25) is 4.79 Å². The lowest BCUT2D eigenvalue weighted by Gasteiger charge is -2.07. The number of hydrogen-bond donors (Lipinski definition) is 2. The van der Waals surface area contributed by atoms with Crippen molar-refractivity contribution in [2.75, 3.05) is 7.11 Å². The number of aromatic amines is 1. The van der Waals surface area contributed by atoms with Crippen LogP contribution in [0, 0.1) is 0 Å². The third kappa shape index (κ3) is 2.58. The summed E-state index contributed by atoms with van der Waals surface area (Å²) in [6.45, 7) is 0. The van der Waals surface area contributed by atoms with Crippen LogP contribution in [0.1, 0.15) is 11.4 Å². The van der Waals surface area contributed by atoms with Crippen molar-refractivity contribution in [3.8, 4) is 11.5 Å². The van der Waals surface area contributed by atoms with E-state index in [1.165, 1.54) is 13.2 Å². The molecular formula is C16H14N2O3. The largest absolute Gasteiger partial charge is 0.504 e. The van der Waals surface area contributed by atoms with Crippen LogP contribution in [0.5, 0.6) is 11.5 Å². The molecule has 0 radical (unpaired) electrons. The predicted octanol–water partition coefficient (Wildman–Crippen LogP) is 2.23. The Balaban J connectivity index is 2.09. The number of H-pyrrole nitrogens is 1. The lowest BCUT2D eigenvalue weighted by molar-refractivity contribution is 0.374. The molecule has 0 aliphatic rings. The van der Waals surface area contributed by atoms with Crippen molar-refractivity contribution in [2.24, 2.45) is 0 Å². The number of aromatic hydroxyl groups is 1. The minimum absolute atomic E-state index is 0.0758. The second-order valence-corrected chi connectivity index (χ2v) is 4.72. The molecule has 2 N–H and O–H groups in total. The number of ether oxygens (including phenoxy) is 1. The molecule has 3 aromatic rings. The first-order valence-electron chi connectivity index (χ1n) is 6.51. The number of rotatable bonds is 3. The van der Waals surface area contributed by atoms with Crippen LogP contribution in [0.25, 0.3) is 10.9 Å². The molecular weight excluding hydrogens is 268 g/mol. The fraction of sp³-hybridized carbons (Fsp3) is 0.125. The van der Waals surface area contributed by atoms with Crippen LogP contribution < -0.4 is 10.3 Å². The molecule has 0 bridgehead atoms. The van der Waals surface area contributed by atoms with Crippen LogP contribution in [-0.2, 0) is 6.42 Å². The maximum Gasteiger partial charge on any atom is 0.258 e. The van der Waals surface area contributed by atoms with Crippen LogP contribution in [0.2, 0.25) is 0 Å². The lowest BCUT2D eigenvalue weighted by atomic mass is 10.1. The molecule has 106 valence electrons. The van der Waals surface area contributed by atoms with Crippen LogP contribution in [-0.4, -0.2) is 22.2 Å². The van der Waals surface area contributed by atoms with E-state index < -0.39 is 0 Å². The molecule has 21 heavy (non-hydrogen) atoms. The van der Waals surface area contributed by atoms with E-state index in [0.29, 0.717) is 28.9 Å². The standard InChI is InChI=1S/C16H14N2O3/c1-21-14-9-12-11(8-13(14)19)16(20)18-15(17-12)7-10-5-3-2-4-6-10/h2-6,8-9,19H,7H2,1H3,(H,17,18,20). The van der Waals surface area contributed by atoms with Crippen LogP contribution in [0.15, 0.2) is 47.3 Å². The number of nitrogens with one attached hydrogen (secondary N) is 1. The average Bonchev–Trinajstić information content (AvgIpc) is 2.48. The van der Waals surface area contributed by atoms with Gasteiger partial charge in [-0.25, -0.2) is 4.98 Å². The van der Waals surface area contributed by atoms with E-state index in [0.717, 1.165) is 5.56 Å². The van der Waals surface area contributed by atoms with E-state index in [4.69, 9.17) is 4.74 Å². The molecule has 0 fully saturated rings. The summed E-state index contributed by atoms with van der Waals surface area (Å²) in [5.41, 5.74) is 1.29. The summed E-state index contributed by atoms with van der Waals surface area (Å²) in [7, 11) is 1.46. The lowest BCUT2D eigenvalue weighted by Crippen LogP contribution is -2.12. The van der Waals surface area contributed by atoms with Crippen molar-refractivity contribution >= 4 is 10.9 Å². The molecule has 1 aromatic heterocycles. The van der Waals surface area contributed by atoms with Crippen molar-refractivity contribution in [3.63, 3.8) is 0 Å². The topological polar surface area (TPSA) is 75.2 Å². The van der Waals surface area contributed by atoms with Gasteiger partial charge in [-0.1, -0.05) is 30.3 Å². The molecule has 5 heteroatoms. The van der Waals surface area contributed by atoms with Gasteiger partial charge in [0.1, 0.15) is 5.82 Å². The molecule has 0 amide bonds. The zero-order valence-electron chi connectivity index (χ0n) is 11.5. The Labute approximate surface area is 120 Å². The van der Waals surface area contributed by atoms with Gasteiger partial charge >= 0.3 is 0 Å². The molecule has 0 saturated heterocycles. The highest BCUT2D eigenvalue weighted by Gasteiger charge is 2.10. The summed E-state index contributed by atoms with van der Waals surface area (Å²) in [6, 6.07) is 12.7. The van der Waals surface area contributed by atoms with Crippen LogP contribution in [0.4, 0.5) is 0 Å². The Hall–Kier alpha value is -2.82. The first-order chi connectivity index (χ1) is 10.2. The highest BCUT2D eigenvalue weighted by Crippen LogP contribution is 2.28. The molecule has 2 aromatic carbocycles. The highest BCUT2D eigenvalue weighted by atomic mass is 16.5. The maximum absolute atomic E-state index is 12.1. The Morgan fingerprint density at radius 2 is 2.00 bits per heavy atom. The van der Waals surface area contributed by atoms with Gasteiger partial charge in [0.05, 0.1) is 18.0 Å². The summed E-state index contributed by atoms with van der Waals surface area (Å²) < 4.78 is 5.05. The number of fused-ring (bicyclic) bond motifs is 1. The van der Waals surface area contributed by atoms with E-state index >= 15 is 0 Å². The fourth-order valence-electron chi connectivity index (χ4n) is 2.24. The first kappa shape index (κ1) is 13.2. The third-order valence-electron chi connectivity index (χ3n) is 3.27. The summed E-state index contributed by atoms with van der Waals surface area (Å²) >= 11 is 0. The molecule has 0 aliphatic heterocycles. The van der Waals surface area contributed by atoms with Gasteiger partial charge < -0.3 is 14.8 Å². The predicted molar refractivity (Wildman–Crippen MR) is 79.8 cm³/mol. The summed E-state index contributed by atoms with van der Waals surface area (Å²) in [4.78, 5) is 19.3. The Bertz CT molecular complexity index is 841. The van der Waals surface area contributed by atoms with Crippen molar-refractivity contribution in [1.82, 2.24) is 9.97 Å². The minimum atomic E-state index is -0.274. The van der Waals surface area contributed by atoms with E-state index in [1.807, 2.05) is 30.3 Å². The van der Waals surface area contributed by atoms with E-state index in [2.05, 4.69) is 9.97 Å². The first-order valence-corrected chi connectivity index (χ1v) is 6.51. The van der Waals surface area contributed by atoms with Gasteiger partial charge in [-0.15, -0.1) is 0 Å². The van der Waals surface area contributed by atoms with E-state index in [-0.39, 0.29) is 11.3 Å². The van der Waals surface area contributed by atoms with Gasteiger partial charge in [0.15, 0.2) is 11.5 Å². The normalized spacial score (nSPS) is 10.7. The highest BCUT2D eigenvalue weighted by molar-refractivity contribution is 5.81. The number of methoxy groups -OCH3 is 1. The smallest absolute Gasteiger partial charge is 0.258 e. The Morgan fingerprint density at radius 1 is 1.24 bits per heavy atom. The Morgan fingerprint density at radius 3 is 2.71 bits per heavy atom. The molecule has 3 rings (SSSR count). The van der Waals surface area contributed by atoms with Gasteiger partial charge in [-0.2, -0.15) is 0 Å². The Kier molecular flexibility index (Phi) is 3.31. The molecule has 0 spiro atoms. The second kappa shape index (κ2) is 5.28.